The van der Waals surface area contributed by atoms with Crippen LogP contribution in [-0.4, -0.2) is 29.0 Å². The first-order chi connectivity index (χ1) is 7.48. The van der Waals surface area contributed by atoms with E-state index in [1.807, 2.05) is 0 Å². The van der Waals surface area contributed by atoms with Crippen molar-refractivity contribution in [1.29, 1.82) is 0 Å². The fourth-order valence-electron chi connectivity index (χ4n) is 1.60. The quantitative estimate of drug-likeness (QED) is 0.718. The van der Waals surface area contributed by atoms with Gasteiger partial charge in [0.25, 0.3) is 5.92 Å². The van der Waals surface area contributed by atoms with Gasteiger partial charge in [-0.1, -0.05) is 0 Å². The largest absolute Gasteiger partial charge is 0.354 e. The van der Waals surface area contributed by atoms with E-state index in [-0.39, 0.29) is 37.0 Å². The first kappa shape index (κ1) is 11.4. The van der Waals surface area contributed by atoms with Crippen LogP contribution in [0.15, 0.2) is 6.20 Å². The summed E-state index contributed by atoms with van der Waals surface area (Å²) in [5, 5.41) is -0.0891. The van der Waals surface area contributed by atoms with Gasteiger partial charge in [0.2, 0.25) is 5.28 Å². The van der Waals surface area contributed by atoms with Crippen molar-refractivity contribution in [3.63, 3.8) is 0 Å². The standard InChI is InChI=1S/C9H9ClF3N3/c10-8-14-5-6(11)7(15-8)16-3-1-9(12,13)2-4-16/h5H,1-4H2. The molecule has 7 heteroatoms. The summed E-state index contributed by atoms with van der Waals surface area (Å²) in [6.45, 7) is 0.133. The zero-order chi connectivity index (χ0) is 11.8. The Hall–Kier alpha value is -1.04. The topological polar surface area (TPSA) is 29.0 Å². The summed E-state index contributed by atoms with van der Waals surface area (Å²) in [5.41, 5.74) is 0. The average Bonchev–Trinajstić information content (AvgIpc) is 2.22. The summed E-state index contributed by atoms with van der Waals surface area (Å²) in [6, 6.07) is 0. The molecule has 0 spiro atoms. The van der Waals surface area contributed by atoms with Crippen LogP contribution in [-0.2, 0) is 0 Å². The lowest BCUT2D eigenvalue weighted by atomic mass is 10.1. The summed E-state index contributed by atoms with van der Waals surface area (Å²) >= 11 is 5.53. The molecule has 16 heavy (non-hydrogen) atoms. The second-order valence-electron chi connectivity index (χ2n) is 3.65. The molecule has 0 bridgehead atoms. The Morgan fingerprint density at radius 3 is 2.56 bits per heavy atom. The van der Waals surface area contributed by atoms with E-state index in [9.17, 15) is 13.2 Å². The number of hydrogen-bond acceptors (Lipinski definition) is 3. The van der Waals surface area contributed by atoms with E-state index in [0.29, 0.717) is 0 Å². The Labute approximate surface area is 95.2 Å². The van der Waals surface area contributed by atoms with Crippen molar-refractivity contribution in [3.05, 3.63) is 17.3 Å². The molecule has 0 unspecified atom stereocenters. The number of anilines is 1. The molecule has 1 fully saturated rings. The lowest BCUT2D eigenvalue weighted by Gasteiger charge is -2.32. The molecule has 0 saturated carbocycles. The predicted molar refractivity (Wildman–Crippen MR) is 53.4 cm³/mol. The van der Waals surface area contributed by atoms with Gasteiger partial charge < -0.3 is 4.90 Å². The maximum absolute atomic E-state index is 13.3. The van der Waals surface area contributed by atoms with Crippen molar-refractivity contribution in [2.24, 2.45) is 0 Å². The summed E-state index contributed by atoms with van der Waals surface area (Å²) < 4.78 is 39.1. The molecule has 0 aliphatic carbocycles. The maximum atomic E-state index is 13.3. The number of halogens is 4. The van der Waals surface area contributed by atoms with Crippen molar-refractivity contribution < 1.29 is 13.2 Å². The van der Waals surface area contributed by atoms with Crippen LogP contribution in [0.5, 0.6) is 0 Å². The molecule has 0 atom stereocenters. The van der Waals surface area contributed by atoms with Crippen LogP contribution >= 0.6 is 11.6 Å². The Morgan fingerprint density at radius 1 is 1.31 bits per heavy atom. The molecule has 1 aliphatic heterocycles. The predicted octanol–water partition coefficient (Wildman–Crippen LogP) is 2.50. The minimum atomic E-state index is -2.66. The number of piperidine rings is 1. The van der Waals surface area contributed by atoms with Gasteiger partial charge in [0.15, 0.2) is 11.6 Å². The Morgan fingerprint density at radius 2 is 1.94 bits per heavy atom. The van der Waals surface area contributed by atoms with E-state index in [0.717, 1.165) is 6.20 Å². The number of aromatic nitrogens is 2. The lowest BCUT2D eigenvalue weighted by Crippen LogP contribution is -2.40. The van der Waals surface area contributed by atoms with E-state index >= 15 is 0 Å². The van der Waals surface area contributed by atoms with Gasteiger partial charge in [-0.05, 0) is 11.6 Å². The third-order valence-corrected chi connectivity index (χ3v) is 2.67. The minimum Gasteiger partial charge on any atom is -0.354 e. The zero-order valence-electron chi connectivity index (χ0n) is 8.26. The van der Waals surface area contributed by atoms with Gasteiger partial charge in [-0.15, -0.1) is 0 Å². The SMILES string of the molecule is Fc1cnc(Cl)nc1N1CCC(F)(F)CC1. The molecule has 88 valence electrons. The highest BCUT2D eigenvalue weighted by Crippen LogP contribution is 2.30. The number of rotatable bonds is 1. The van der Waals surface area contributed by atoms with E-state index in [4.69, 9.17) is 11.6 Å². The van der Waals surface area contributed by atoms with E-state index in [1.54, 1.807) is 0 Å². The number of hydrogen-bond donors (Lipinski definition) is 0. The molecule has 0 amide bonds. The van der Waals surface area contributed by atoms with Crippen LogP contribution in [0.3, 0.4) is 0 Å². The Bertz CT molecular complexity index is 390. The molecule has 0 aromatic carbocycles. The summed E-state index contributed by atoms with van der Waals surface area (Å²) in [4.78, 5) is 8.63. The summed E-state index contributed by atoms with van der Waals surface area (Å²) in [7, 11) is 0. The fraction of sp³-hybridized carbons (Fsp3) is 0.556. The van der Waals surface area contributed by atoms with Gasteiger partial charge in [-0.3, -0.25) is 0 Å². The van der Waals surface area contributed by atoms with Crippen molar-refractivity contribution in [1.82, 2.24) is 9.97 Å². The van der Waals surface area contributed by atoms with Gasteiger partial charge >= 0.3 is 0 Å². The highest BCUT2D eigenvalue weighted by Gasteiger charge is 2.35. The van der Waals surface area contributed by atoms with E-state index < -0.39 is 11.7 Å². The monoisotopic (exact) mass is 251 g/mol. The van der Waals surface area contributed by atoms with Gasteiger partial charge in [0, 0.05) is 25.9 Å². The highest BCUT2D eigenvalue weighted by molar-refractivity contribution is 6.28. The molecule has 1 aromatic heterocycles. The first-order valence-corrected chi connectivity index (χ1v) is 5.16. The number of alkyl halides is 2. The maximum Gasteiger partial charge on any atom is 0.251 e. The molecule has 3 nitrogen and oxygen atoms in total. The molecule has 1 saturated heterocycles. The molecule has 0 radical (unpaired) electrons. The van der Waals surface area contributed by atoms with Crippen molar-refractivity contribution >= 4 is 17.4 Å². The van der Waals surface area contributed by atoms with Crippen LogP contribution in [0, 0.1) is 5.82 Å². The molecule has 1 aromatic rings. The van der Waals surface area contributed by atoms with Crippen LogP contribution in [0.4, 0.5) is 19.0 Å². The summed E-state index contributed by atoms with van der Waals surface area (Å²) in [6.07, 6.45) is 0.347. The number of nitrogens with zero attached hydrogens (tertiary/aromatic N) is 3. The normalized spacial score (nSPS) is 19.9. The van der Waals surface area contributed by atoms with Crippen molar-refractivity contribution in [2.75, 3.05) is 18.0 Å². The van der Waals surface area contributed by atoms with Crippen LogP contribution < -0.4 is 4.90 Å². The van der Waals surface area contributed by atoms with E-state index in [2.05, 4.69) is 9.97 Å². The molecule has 2 rings (SSSR count). The van der Waals surface area contributed by atoms with Crippen LogP contribution in [0.25, 0.3) is 0 Å². The third-order valence-electron chi connectivity index (χ3n) is 2.49. The smallest absolute Gasteiger partial charge is 0.251 e. The lowest BCUT2D eigenvalue weighted by molar-refractivity contribution is -0.0222. The molecular formula is C9H9ClF3N3. The van der Waals surface area contributed by atoms with E-state index in [1.165, 1.54) is 4.90 Å². The molecular weight excluding hydrogens is 243 g/mol. The molecule has 1 aliphatic rings. The zero-order valence-corrected chi connectivity index (χ0v) is 9.02. The highest BCUT2D eigenvalue weighted by atomic mass is 35.5. The first-order valence-electron chi connectivity index (χ1n) is 4.79. The van der Waals surface area contributed by atoms with Gasteiger partial charge in [-0.2, -0.15) is 4.98 Å². The Kier molecular flexibility index (Phi) is 2.92. The van der Waals surface area contributed by atoms with Gasteiger partial charge in [0.05, 0.1) is 6.20 Å². The Balaban J connectivity index is 2.17. The van der Waals surface area contributed by atoms with Crippen LogP contribution in [0.1, 0.15) is 12.8 Å². The van der Waals surface area contributed by atoms with Gasteiger partial charge in [-0.25, -0.2) is 18.2 Å². The van der Waals surface area contributed by atoms with Gasteiger partial charge in [0.1, 0.15) is 0 Å². The van der Waals surface area contributed by atoms with Crippen molar-refractivity contribution in [3.8, 4) is 0 Å². The fourth-order valence-corrected chi connectivity index (χ4v) is 1.73. The second-order valence-corrected chi connectivity index (χ2v) is 3.99. The second kappa shape index (κ2) is 4.08. The average molecular weight is 252 g/mol. The molecule has 2 heterocycles. The minimum absolute atomic E-state index is 0.00417. The molecule has 0 N–H and O–H groups in total. The van der Waals surface area contributed by atoms with Crippen LogP contribution in [0.2, 0.25) is 5.28 Å². The summed E-state index contributed by atoms with van der Waals surface area (Å²) in [5.74, 6) is -3.31. The third kappa shape index (κ3) is 2.37. The van der Waals surface area contributed by atoms with Crippen molar-refractivity contribution in [2.45, 2.75) is 18.8 Å².